The molecular weight excluding hydrogens is 391 g/mol. The molecule has 1 aliphatic heterocycles. The minimum absolute atomic E-state index is 0.0357. The quantitative estimate of drug-likeness (QED) is 0.787. The lowest BCUT2D eigenvalue weighted by atomic mass is 10.2. The molecule has 0 atom stereocenters. The molecule has 0 unspecified atom stereocenters. The fraction of sp³-hybridized carbons (Fsp3) is 0.176. The normalized spacial score (nSPS) is 12.6. The summed E-state index contributed by atoms with van der Waals surface area (Å²) >= 11 is 5.79. The smallest absolute Gasteiger partial charge is 0.416 e. The average molecular weight is 402 g/mol. The minimum atomic E-state index is -4.59. The number of hydrogen-bond donors (Lipinski definition) is 1. The van der Waals surface area contributed by atoms with Crippen molar-refractivity contribution in [2.45, 2.75) is 6.18 Å². The summed E-state index contributed by atoms with van der Waals surface area (Å²) < 4.78 is 53.3. The largest absolute Gasteiger partial charge is 0.454 e. The van der Waals surface area contributed by atoms with Gasteiger partial charge in [0.15, 0.2) is 18.1 Å². The van der Waals surface area contributed by atoms with Crippen LogP contribution in [0, 0.1) is 0 Å². The molecule has 0 saturated heterocycles. The molecule has 0 saturated carbocycles. The van der Waals surface area contributed by atoms with Crippen LogP contribution in [-0.2, 0) is 15.7 Å². The summed E-state index contributed by atoms with van der Waals surface area (Å²) in [5.41, 5.74) is -1.08. The number of rotatable bonds is 4. The molecule has 1 heterocycles. The first-order valence-electron chi connectivity index (χ1n) is 7.47. The number of benzene rings is 2. The molecule has 142 valence electrons. The first kappa shape index (κ1) is 18.8. The number of hydrogen-bond acceptors (Lipinski definition) is 5. The molecule has 10 heteroatoms. The van der Waals surface area contributed by atoms with Gasteiger partial charge in [0.05, 0.1) is 21.8 Å². The fourth-order valence-corrected chi connectivity index (χ4v) is 2.39. The Balaban J connectivity index is 1.61. The third-order valence-electron chi connectivity index (χ3n) is 3.51. The second-order valence-corrected chi connectivity index (χ2v) is 5.79. The number of fused-ring (bicyclic) bond motifs is 1. The van der Waals surface area contributed by atoms with Gasteiger partial charge in [-0.05, 0) is 36.4 Å². The number of halogens is 4. The van der Waals surface area contributed by atoms with E-state index in [1.807, 2.05) is 0 Å². The SMILES string of the molecule is O=C(COC(=O)c1ccc2c(c1)OCO2)Nc1cc(C(F)(F)F)ccc1Cl. The van der Waals surface area contributed by atoms with Crippen LogP contribution in [0.1, 0.15) is 15.9 Å². The Morgan fingerprint density at radius 2 is 1.85 bits per heavy atom. The monoisotopic (exact) mass is 401 g/mol. The van der Waals surface area contributed by atoms with E-state index in [2.05, 4.69) is 5.32 Å². The fourth-order valence-electron chi connectivity index (χ4n) is 2.22. The molecule has 0 radical (unpaired) electrons. The van der Waals surface area contributed by atoms with Gasteiger partial charge in [0.25, 0.3) is 5.91 Å². The first-order valence-corrected chi connectivity index (χ1v) is 7.85. The number of esters is 1. The van der Waals surface area contributed by atoms with Crippen molar-refractivity contribution in [2.75, 3.05) is 18.7 Å². The number of carbonyl (C=O) groups excluding carboxylic acids is 2. The van der Waals surface area contributed by atoms with Gasteiger partial charge >= 0.3 is 12.1 Å². The third-order valence-corrected chi connectivity index (χ3v) is 3.84. The van der Waals surface area contributed by atoms with Gasteiger partial charge in [-0.15, -0.1) is 0 Å². The maximum absolute atomic E-state index is 12.7. The molecular formula is C17H11ClF3NO5. The Bertz CT molecular complexity index is 901. The number of nitrogens with one attached hydrogen (secondary N) is 1. The number of amides is 1. The molecule has 0 aliphatic carbocycles. The van der Waals surface area contributed by atoms with Crippen molar-refractivity contribution in [3.8, 4) is 11.5 Å². The van der Waals surface area contributed by atoms with E-state index in [-0.39, 0.29) is 23.1 Å². The molecule has 2 aromatic carbocycles. The summed E-state index contributed by atoms with van der Waals surface area (Å²) in [4.78, 5) is 23.9. The Kier molecular flexibility index (Phi) is 5.13. The Hall–Kier alpha value is -2.94. The number of alkyl halides is 3. The molecule has 3 rings (SSSR count). The van der Waals surface area contributed by atoms with E-state index >= 15 is 0 Å². The van der Waals surface area contributed by atoms with Crippen LogP contribution in [-0.4, -0.2) is 25.3 Å². The first-order chi connectivity index (χ1) is 12.7. The highest BCUT2D eigenvalue weighted by Gasteiger charge is 2.31. The molecule has 27 heavy (non-hydrogen) atoms. The molecule has 0 bridgehead atoms. The van der Waals surface area contributed by atoms with E-state index in [1.54, 1.807) is 0 Å². The van der Waals surface area contributed by atoms with Gasteiger partial charge in [-0.3, -0.25) is 4.79 Å². The van der Waals surface area contributed by atoms with Gasteiger partial charge in [-0.2, -0.15) is 13.2 Å². The second-order valence-electron chi connectivity index (χ2n) is 5.38. The number of carbonyl (C=O) groups is 2. The van der Waals surface area contributed by atoms with Crippen LogP contribution >= 0.6 is 11.6 Å². The summed E-state index contributed by atoms with van der Waals surface area (Å²) in [6, 6.07) is 6.83. The second kappa shape index (κ2) is 7.36. The standard InChI is InChI=1S/C17H11ClF3NO5/c18-11-3-2-10(17(19,20)21)6-12(11)22-15(23)7-25-16(24)9-1-4-13-14(5-9)27-8-26-13/h1-6H,7-8H2,(H,22,23). The van der Waals surface area contributed by atoms with Gasteiger partial charge in [-0.25, -0.2) is 4.79 Å². The Morgan fingerprint density at radius 1 is 1.11 bits per heavy atom. The molecule has 0 aromatic heterocycles. The summed E-state index contributed by atoms with van der Waals surface area (Å²) in [7, 11) is 0. The van der Waals surface area contributed by atoms with Crippen LogP contribution in [0.3, 0.4) is 0 Å². The minimum Gasteiger partial charge on any atom is -0.454 e. The van der Waals surface area contributed by atoms with E-state index in [9.17, 15) is 22.8 Å². The highest BCUT2D eigenvalue weighted by atomic mass is 35.5. The molecule has 2 aromatic rings. The van der Waals surface area contributed by atoms with Crippen molar-refractivity contribution in [1.82, 2.24) is 0 Å². The van der Waals surface area contributed by atoms with Crippen molar-refractivity contribution in [1.29, 1.82) is 0 Å². The predicted octanol–water partition coefficient (Wildman–Crippen LogP) is 3.88. The van der Waals surface area contributed by atoms with Crippen molar-refractivity contribution >= 4 is 29.2 Å². The lowest BCUT2D eigenvalue weighted by Crippen LogP contribution is -2.21. The highest BCUT2D eigenvalue weighted by molar-refractivity contribution is 6.33. The van der Waals surface area contributed by atoms with Crippen LogP contribution in [0.5, 0.6) is 11.5 Å². The lowest BCUT2D eigenvalue weighted by molar-refractivity contribution is -0.137. The average Bonchev–Trinajstić information content (AvgIpc) is 3.08. The van der Waals surface area contributed by atoms with E-state index in [0.717, 1.165) is 12.1 Å². The van der Waals surface area contributed by atoms with Gasteiger partial charge in [0.2, 0.25) is 6.79 Å². The van der Waals surface area contributed by atoms with Crippen molar-refractivity contribution < 1.29 is 37.0 Å². The van der Waals surface area contributed by atoms with Crippen molar-refractivity contribution in [3.05, 3.63) is 52.5 Å². The van der Waals surface area contributed by atoms with Gasteiger partial charge in [0, 0.05) is 0 Å². The molecule has 1 amide bonds. The highest BCUT2D eigenvalue weighted by Crippen LogP contribution is 2.34. The van der Waals surface area contributed by atoms with E-state index in [4.69, 9.17) is 25.8 Å². The summed E-state index contributed by atoms with van der Waals surface area (Å²) in [6.45, 7) is -0.673. The van der Waals surface area contributed by atoms with Gasteiger partial charge in [-0.1, -0.05) is 11.6 Å². The molecule has 0 spiro atoms. The molecule has 6 nitrogen and oxygen atoms in total. The van der Waals surface area contributed by atoms with Crippen LogP contribution in [0.15, 0.2) is 36.4 Å². The van der Waals surface area contributed by atoms with Gasteiger partial charge < -0.3 is 19.5 Å². The van der Waals surface area contributed by atoms with Crippen LogP contribution in [0.25, 0.3) is 0 Å². The van der Waals surface area contributed by atoms with Crippen molar-refractivity contribution in [3.63, 3.8) is 0 Å². The number of ether oxygens (including phenoxy) is 3. The van der Waals surface area contributed by atoms with E-state index in [0.29, 0.717) is 17.6 Å². The Morgan fingerprint density at radius 3 is 2.59 bits per heavy atom. The van der Waals surface area contributed by atoms with E-state index in [1.165, 1.54) is 18.2 Å². The Labute approximate surface area is 155 Å². The zero-order chi connectivity index (χ0) is 19.6. The topological polar surface area (TPSA) is 73.9 Å². The van der Waals surface area contributed by atoms with Crippen LogP contribution in [0.4, 0.5) is 18.9 Å². The number of anilines is 1. The maximum atomic E-state index is 12.7. The summed E-state index contributed by atoms with van der Waals surface area (Å²) in [5, 5.41) is 2.09. The maximum Gasteiger partial charge on any atom is 0.416 e. The molecule has 0 fully saturated rings. The zero-order valence-corrected chi connectivity index (χ0v) is 14.2. The molecule has 1 aliphatic rings. The van der Waals surface area contributed by atoms with Crippen LogP contribution in [0.2, 0.25) is 5.02 Å². The third kappa shape index (κ3) is 4.43. The zero-order valence-electron chi connectivity index (χ0n) is 13.4. The molecule has 1 N–H and O–H groups in total. The van der Waals surface area contributed by atoms with Crippen LogP contribution < -0.4 is 14.8 Å². The summed E-state index contributed by atoms with van der Waals surface area (Å²) in [6.07, 6.45) is -4.59. The predicted molar refractivity (Wildman–Crippen MR) is 87.9 cm³/mol. The lowest BCUT2D eigenvalue weighted by Gasteiger charge is -2.12. The summed E-state index contributed by atoms with van der Waals surface area (Å²) in [5.74, 6) is -0.808. The van der Waals surface area contributed by atoms with Gasteiger partial charge in [0.1, 0.15) is 0 Å². The van der Waals surface area contributed by atoms with Crippen molar-refractivity contribution in [2.24, 2.45) is 0 Å². The van der Waals surface area contributed by atoms with E-state index < -0.39 is 30.2 Å².